The maximum Gasteiger partial charge on any atom is 0.252 e. The van der Waals surface area contributed by atoms with E-state index in [0.29, 0.717) is 30.9 Å². The average molecular weight is 276 g/mol. The Morgan fingerprint density at radius 3 is 3.21 bits per heavy atom. The molecule has 1 amide bonds. The number of carbonyl (C=O) groups excluding carboxylic acids is 1. The number of thiophene rings is 1. The molecule has 2 rings (SSSR count). The highest BCUT2D eigenvalue weighted by Crippen LogP contribution is 2.13. The molecule has 3 N–H and O–H groups in total. The number of amides is 1. The number of hydrogen-bond acceptors (Lipinski definition) is 6. The van der Waals surface area contributed by atoms with Gasteiger partial charge in [-0.25, -0.2) is 0 Å². The molecule has 7 heteroatoms. The van der Waals surface area contributed by atoms with Crippen LogP contribution >= 0.6 is 11.3 Å². The molecule has 6 nitrogen and oxygen atoms in total. The lowest BCUT2D eigenvalue weighted by Crippen LogP contribution is -2.25. The fraction of sp³-hybridized carbons (Fsp3) is 0.250. The van der Waals surface area contributed by atoms with Gasteiger partial charge in [-0.15, -0.1) is 11.3 Å². The van der Waals surface area contributed by atoms with Crippen LogP contribution in [-0.4, -0.2) is 29.1 Å². The van der Waals surface area contributed by atoms with Crippen LogP contribution in [0.25, 0.3) is 0 Å². The Bertz CT molecular complexity index is 595. The van der Waals surface area contributed by atoms with E-state index in [4.69, 9.17) is 5.73 Å². The van der Waals surface area contributed by atoms with E-state index < -0.39 is 0 Å². The molecule has 0 aromatic carbocycles. The maximum absolute atomic E-state index is 11.8. The van der Waals surface area contributed by atoms with E-state index in [1.165, 1.54) is 17.7 Å². The van der Waals surface area contributed by atoms with Crippen LogP contribution in [0, 0.1) is 11.8 Å². The standard InChI is InChI=1S/C12H12N4O2S/c13-4-1-2-10-6-9(7-19-10)12(17)14-5-3-11-15-8-18-16-11/h6-8H,3-5,13H2,(H,14,17). The summed E-state index contributed by atoms with van der Waals surface area (Å²) in [5.74, 6) is 6.07. The summed E-state index contributed by atoms with van der Waals surface area (Å²) in [6, 6.07) is 1.75. The summed E-state index contributed by atoms with van der Waals surface area (Å²) in [5.41, 5.74) is 5.88. The molecule has 0 bridgehead atoms. The quantitative estimate of drug-likeness (QED) is 0.789. The molecule has 0 aliphatic carbocycles. The Morgan fingerprint density at radius 2 is 2.47 bits per heavy atom. The van der Waals surface area contributed by atoms with Gasteiger partial charge in [0.05, 0.1) is 17.0 Å². The third-order valence-corrected chi connectivity index (χ3v) is 3.06. The van der Waals surface area contributed by atoms with Gasteiger partial charge in [0.15, 0.2) is 5.82 Å². The molecule has 0 atom stereocenters. The summed E-state index contributed by atoms with van der Waals surface area (Å²) >= 11 is 1.42. The Balaban J connectivity index is 1.84. The van der Waals surface area contributed by atoms with Crippen LogP contribution in [0.15, 0.2) is 22.4 Å². The average Bonchev–Trinajstić information content (AvgIpc) is 3.07. The van der Waals surface area contributed by atoms with Crippen LogP contribution in [0.3, 0.4) is 0 Å². The van der Waals surface area contributed by atoms with E-state index >= 15 is 0 Å². The molecule has 0 fully saturated rings. The van der Waals surface area contributed by atoms with Crippen molar-refractivity contribution in [1.29, 1.82) is 0 Å². The number of aromatic nitrogens is 2. The normalized spacial score (nSPS) is 9.74. The van der Waals surface area contributed by atoms with Crippen LogP contribution in [0.5, 0.6) is 0 Å². The summed E-state index contributed by atoms with van der Waals surface area (Å²) in [4.78, 5) is 16.5. The monoisotopic (exact) mass is 276 g/mol. The molecular weight excluding hydrogens is 264 g/mol. The predicted octanol–water partition coefficient (Wildman–Crippen LogP) is 0.414. The van der Waals surface area contributed by atoms with Crippen molar-refractivity contribution in [3.63, 3.8) is 0 Å². The maximum atomic E-state index is 11.8. The van der Waals surface area contributed by atoms with Crippen molar-refractivity contribution in [3.05, 3.63) is 34.1 Å². The largest absolute Gasteiger partial charge is 0.352 e. The number of hydrogen-bond donors (Lipinski definition) is 2. The van der Waals surface area contributed by atoms with Gasteiger partial charge < -0.3 is 15.6 Å². The van der Waals surface area contributed by atoms with E-state index in [1.807, 2.05) is 0 Å². The molecule has 2 aromatic rings. The Morgan fingerprint density at radius 1 is 1.58 bits per heavy atom. The first-order valence-corrected chi connectivity index (χ1v) is 6.48. The third kappa shape index (κ3) is 3.91. The van der Waals surface area contributed by atoms with Crippen molar-refractivity contribution in [2.45, 2.75) is 6.42 Å². The number of nitrogens with two attached hydrogens (primary N) is 1. The molecule has 0 aliphatic heterocycles. The first-order chi connectivity index (χ1) is 9.29. The van der Waals surface area contributed by atoms with Gasteiger partial charge >= 0.3 is 0 Å². The molecule has 0 spiro atoms. The van der Waals surface area contributed by atoms with Crippen molar-refractivity contribution < 1.29 is 9.32 Å². The molecule has 0 aliphatic rings. The Labute approximate surface area is 114 Å². The minimum Gasteiger partial charge on any atom is -0.352 e. The number of carbonyl (C=O) groups is 1. The second-order valence-corrected chi connectivity index (χ2v) is 4.47. The van der Waals surface area contributed by atoms with Crippen LogP contribution in [0.2, 0.25) is 0 Å². The van der Waals surface area contributed by atoms with E-state index in [-0.39, 0.29) is 5.91 Å². The van der Waals surface area contributed by atoms with Gasteiger partial charge in [0.25, 0.3) is 5.91 Å². The van der Waals surface area contributed by atoms with Gasteiger partial charge in [-0.3, -0.25) is 4.79 Å². The summed E-state index contributed by atoms with van der Waals surface area (Å²) in [7, 11) is 0. The first-order valence-electron chi connectivity index (χ1n) is 5.60. The van der Waals surface area contributed by atoms with Gasteiger partial charge in [-0.05, 0) is 6.07 Å². The van der Waals surface area contributed by atoms with Gasteiger partial charge in [0, 0.05) is 18.3 Å². The van der Waals surface area contributed by atoms with Gasteiger partial charge in [0.2, 0.25) is 6.39 Å². The molecule has 0 saturated heterocycles. The van der Waals surface area contributed by atoms with E-state index in [2.05, 4.69) is 31.8 Å². The van der Waals surface area contributed by atoms with Gasteiger partial charge in [-0.2, -0.15) is 4.98 Å². The number of nitrogens with one attached hydrogen (secondary N) is 1. The lowest BCUT2D eigenvalue weighted by Gasteiger charge is -2.00. The molecule has 2 heterocycles. The van der Waals surface area contributed by atoms with Crippen LogP contribution in [0.4, 0.5) is 0 Å². The molecule has 2 aromatic heterocycles. The fourth-order valence-corrected chi connectivity index (χ4v) is 2.11. The van der Waals surface area contributed by atoms with Gasteiger partial charge in [0.1, 0.15) is 0 Å². The predicted molar refractivity (Wildman–Crippen MR) is 70.6 cm³/mol. The zero-order chi connectivity index (χ0) is 13.5. The topological polar surface area (TPSA) is 94.0 Å². The summed E-state index contributed by atoms with van der Waals surface area (Å²) in [5, 5.41) is 8.21. The van der Waals surface area contributed by atoms with Crippen molar-refractivity contribution >= 4 is 17.2 Å². The van der Waals surface area contributed by atoms with E-state index in [0.717, 1.165) is 4.88 Å². The van der Waals surface area contributed by atoms with Gasteiger partial charge in [-0.1, -0.05) is 17.0 Å². The van der Waals surface area contributed by atoms with E-state index in [1.54, 1.807) is 11.4 Å². The van der Waals surface area contributed by atoms with E-state index in [9.17, 15) is 4.79 Å². The minimum absolute atomic E-state index is 0.138. The lowest BCUT2D eigenvalue weighted by molar-refractivity contribution is 0.0954. The summed E-state index contributed by atoms with van der Waals surface area (Å²) in [6.07, 6.45) is 1.80. The molecule has 0 saturated carbocycles. The Kier molecular flexibility index (Phi) is 4.66. The summed E-state index contributed by atoms with van der Waals surface area (Å²) in [6.45, 7) is 0.766. The van der Waals surface area contributed by atoms with Crippen molar-refractivity contribution in [3.8, 4) is 11.8 Å². The molecule has 0 unspecified atom stereocenters. The highest BCUT2D eigenvalue weighted by atomic mass is 32.1. The number of nitrogens with zero attached hydrogens (tertiary/aromatic N) is 2. The van der Waals surface area contributed by atoms with Crippen LogP contribution < -0.4 is 11.1 Å². The third-order valence-electron chi connectivity index (χ3n) is 2.22. The number of rotatable bonds is 4. The minimum atomic E-state index is -0.138. The Hall–Kier alpha value is -2.17. The molecule has 0 radical (unpaired) electrons. The van der Waals surface area contributed by atoms with Crippen molar-refractivity contribution in [1.82, 2.24) is 15.5 Å². The second kappa shape index (κ2) is 6.68. The van der Waals surface area contributed by atoms with Crippen molar-refractivity contribution in [2.75, 3.05) is 13.1 Å². The fourth-order valence-electron chi connectivity index (χ4n) is 1.35. The van der Waals surface area contributed by atoms with Crippen LogP contribution in [-0.2, 0) is 6.42 Å². The second-order valence-electron chi connectivity index (χ2n) is 3.56. The summed E-state index contributed by atoms with van der Waals surface area (Å²) < 4.78 is 4.60. The van der Waals surface area contributed by atoms with Crippen LogP contribution in [0.1, 0.15) is 21.1 Å². The highest BCUT2D eigenvalue weighted by Gasteiger charge is 2.08. The first kappa shape index (κ1) is 13.3. The smallest absolute Gasteiger partial charge is 0.252 e. The lowest BCUT2D eigenvalue weighted by atomic mass is 10.3. The highest BCUT2D eigenvalue weighted by molar-refractivity contribution is 7.10. The zero-order valence-electron chi connectivity index (χ0n) is 10.0. The van der Waals surface area contributed by atoms with Crippen molar-refractivity contribution in [2.24, 2.45) is 5.73 Å². The zero-order valence-corrected chi connectivity index (χ0v) is 10.9. The molecular formula is C12H12N4O2S. The molecule has 98 valence electrons. The molecule has 19 heavy (non-hydrogen) atoms. The SMILES string of the molecule is NCC#Cc1cc(C(=O)NCCc2ncon2)cs1.